The molecule has 3 aromatic rings. The third-order valence-corrected chi connectivity index (χ3v) is 4.09. The molecule has 1 aromatic carbocycles. The number of carbonyl (C=O) groups excluding carboxylic acids is 1. The van der Waals surface area contributed by atoms with Crippen LogP contribution in [0, 0.1) is 5.82 Å². The predicted octanol–water partition coefficient (Wildman–Crippen LogP) is 4.52. The van der Waals surface area contributed by atoms with Gasteiger partial charge in [-0.15, -0.1) is 0 Å². The fourth-order valence-electron chi connectivity index (χ4n) is 2.78. The summed E-state index contributed by atoms with van der Waals surface area (Å²) in [5, 5.41) is 11.5. The minimum Gasteiger partial charge on any atom is -0.346 e. The van der Waals surface area contributed by atoms with Crippen molar-refractivity contribution in [2.45, 2.75) is 33.7 Å². The average molecular weight is 410 g/mol. The lowest BCUT2D eigenvalue weighted by Gasteiger charge is -2.09. The van der Waals surface area contributed by atoms with Crippen LogP contribution in [-0.4, -0.2) is 25.5 Å². The van der Waals surface area contributed by atoms with E-state index in [1.54, 1.807) is 46.8 Å². The molecule has 158 valence electrons. The molecule has 1 N–H and O–H groups in total. The van der Waals surface area contributed by atoms with Gasteiger partial charge in [-0.05, 0) is 43.3 Å². The van der Waals surface area contributed by atoms with Crippen LogP contribution in [0.2, 0.25) is 0 Å². The maximum Gasteiger partial charge on any atom is 0.252 e. The number of amides is 1. The minimum absolute atomic E-state index is 0.232. The maximum atomic E-state index is 13.2. The third kappa shape index (κ3) is 5.53. The van der Waals surface area contributed by atoms with Crippen molar-refractivity contribution in [1.29, 1.82) is 0 Å². The number of hydrogen-bond acceptors (Lipinski definition) is 3. The molecule has 0 aliphatic carbocycles. The van der Waals surface area contributed by atoms with Crippen LogP contribution in [0.1, 0.15) is 44.1 Å². The van der Waals surface area contributed by atoms with E-state index in [9.17, 15) is 9.18 Å². The molecule has 30 heavy (non-hydrogen) atoms. The van der Waals surface area contributed by atoms with E-state index in [1.165, 1.54) is 18.6 Å². The summed E-state index contributed by atoms with van der Waals surface area (Å²) in [4.78, 5) is 12.7. The van der Waals surface area contributed by atoms with Gasteiger partial charge in [0.2, 0.25) is 0 Å². The van der Waals surface area contributed by atoms with Crippen LogP contribution in [0.15, 0.2) is 55.4 Å². The Labute approximate surface area is 176 Å². The van der Waals surface area contributed by atoms with E-state index in [0.29, 0.717) is 29.1 Å². The van der Waals surface area contributed by atoms with E-state index in [2.05, 4.69) is 35.9 Å². The van der Waals surface area contributed by atoms with Gasteiger partial charge in [-0.3, -0.25) is 9.48 Å². The maximum absolute atomic E-state index is 13.2. The quantitative estimate of drug-likeness (QED) is 0.609. The van der Waals surface area contributed by atoms with Crippen LogP contribution in [0.3, 0.4) is 0 Å². The number of aryl methyl sites for hydroxylation is 1. The minimum atomic E-state index is -0.325. The highest BCUT2D eigenvalue weighted by Gasteiger charge is 2.18. The molecule has 6 nitrogen and oxygen atoms in total. The van der Waals surface area contributed by atoms with Crippen LogP contribution in [0.25, 0.3) is 17.3 Å². The van der Waals surface area contributed by atoms with Crippen molar-refractivity contribution in [3.63, 3.8) is 0 Å². The number of nitrogens with one attached hydrogen (secondary N) is 1. The number of aromatic nitrogens is 4. The molecule has 0 unspecified atom stereocenters. The Morgan fingerprint density at radius 3 is 2.43 bits per heavy atom. The van der Waals surface area contributed by atoms with Crippen LogP contribution in [-0.2, 0) is 18.4 Å². The Balaban J connectivity index is 0.00000101. The van der Waals surface area contributed by atoms with Gasteiger partial charge in [-0.1, -0.05) is 32.9 Å². The van der Waals surface area contributed by atoms with E-state index in [4.69, 9.17) is 0 Å². The van der Waals surface area contributed by atoms with Gasteiger partial charge in [0.05, 0.1) is 29.8 Å². The van der Waals surface area contributed by atoms with Gasteiger partial charge in [0.1, 0.15) is 5.82 Å². The van der Waals surface area contributed by atoms with Crippen LogP contribution in [0.5, 0.6) is 0 Å². The summed E-state index contributed by atoms with van der Waals surface area (Å²) in [6.45, 7) is 10.2. The van der Waals surface area contributed by atoms with Gasteiger partial charge in [-0.2, -0.15) is 10.2 Å². The number of nitrogens with zero attached hydrogens (tertiary/aromatic N) is 4. The Bertz CT molecular complexity index is 1010. The number of carbonyl (C=O) groups is 1. The second-order valence-corrected chi connectivity index (χ2v) is 6.61. The second-order valence-electron chi connectivity index (χ2n) is 6.61. The molecule has 0 spiro atoms. The topological polar surface area (TPSA) is 64.7 Å². The molecule has 0 atom stereocenters. The highest BCUT2D eigenvalue weighted by molar-refractivity contribution is 6.20. The first-order chi connectivity index (χ1) is 14.4. The Hall–Kier alpha value is -3.48. The normalized spacial score (nSPS) is 10.9. The van der Waals surface area contributed by atoms with Gasteiger partial charge in [0, 0.05) is 24.4 Å². The first kappa shape index (κ1) is 22.8. The molecular formula is C23H28FN5O. The zero-order chi connectivity index (χ0) is 22.1. The molecule has 0 aliphatic heterocycles. The Morgan fingerprint density at radius 1 is 1.23 bits per heavy atom. The molecule has 0 radical (unpaired) electrons. The lowest BCUT2D eigenvalue weighted by Crippen LogP contribution is -2.24. The van der Waals surface area contributed by atoms with Crippen molar-refractivity contribution in [3.05, 3.63) is 78.1 Å². The molecule has 7 heteroatoms. The average Bonchev–Trinajstić information content (AvgIpc) is 3.34. The molecule has 2 heterocycles. The smallest absolute Gasteiger partial charge is 0.252 e. The lowest BCUT2D eigenvalue weighted by molar-refractivity contribution is -0.115. The van der Waals surface area contributed by atoms with E-state index in [0.717, 1.165) is 5.69 Å². The van der Waals surface area contributed by atoms with E-state index >= 15 is 0 Å². The molecular weight excluding hydrogens is 381 g/mol. The molecule has 0 saturated carbocycles. The van der Waals surface area contributed by atoms with E-state index in [1.807, 2.05) is 19.3 Å². The number of halogens is 1. The molecule has 2 aromatic heterocycles. The molecule has 3 rings (SSSR count). The Kier molecular flexibility index (Phi) is 8.29. The first-order valence-corrected chi connectivity index (χ1v) is 9.84. The Morgan fingerprint density at radius 2 is 1.90 bits per heavy atom. The SMILES string of the molecule is C=Cc1c(/C(=C\C)C(=O)NCc2ccn(C)n2)cnn1-c1ccc(F)cc1.CCC. The fourth-order valence-corrected chi connectivity index (χ4v) is 2.78. The zero-order valence-corrected chi connectivity index (χ0v) is 17.9. The summed E-state index contributed by atoms with van der Waals surface area (Å²) < 4.78 is 16.5. The number of rotatable bonds is 6. The van der Waals surface area contributed by atoms with Gasteiger partial charge in [0.15, 0.2) is 0 Å². The van der Waals surface area contributed by atoms with Crippen LogP contribution < -0.4 is 5.32 Å². The van der Waals surface area contributed by atoms with E-state index in [-0.39, 0.29) is 11.7 Å². The van der Waals surface area contributed by atoms with Crippen molar-refractivity contribution in [1.82, 2.24) is 24.9 Å². The van der Waals surface area contributed by atoms with Crippen LogP contribution >= 0.6 is 0 Å². The van der Waals surface area contributed by atoms with Gasteiger partial charge in [-0.25, -0.2) is 9.07 Å². The number of hydrogen-bond donors (Lipinski definition) is 1. The fraction of sp³-hybridized carbons (Fsp3) is 0.261. The predicted molar refractivity (Wildman–Crippen MR) is 118 cm³/mol. The number of benzene rings is 1. The van der Waals surface area contributed by atoms with Crippen molar-refractivity contribution in [2.24, 2.45) is 7.05 Å². The standard InChI is InChI=1S/C20H20FN5O.C3H8/c1-4-17(20(27)22-12-15-10-11-25(3)24-15)18-13-23-26(19(18)5-2)16-8-6-14(21)7-9-16;1-3-2/h4-11,13H,2,12H2,1,3H3,(H,22,27);3H2,1-2H3/b17-4+;. The van der Waals surface area contributed by atoms with Crippen LogP contribution in [0.4, 0.5) is 4.39 Å². The van der Waals surface area contributed by atoms with Gasteiger partial charge < -0.3 is 5.32 Å². The summed E-state index contributed by atoms with van der Waals surface area (Å²) in [6, 6.07) is 7.81. The largest absolute Gasteiger partial charge is 0.346 e. The van der Waals surface area contributed by atoms with Gasteiger partial charge in [0.25, 0.3) is 5.91 Å². The summed E-state index contributed by atoms with van der Waals surface area (Å²) >= 11 is 0. The monoisotopic (exact) mass is 409 g/mol. The second kappa shape index (κ2) is 10.9. The summed E-state index contributed by atoms with van der Waals surface area (Å²) in [6.07, 6.45) is 8.03. The molecule has 0 aliphatic rings. The summed E-state index contributed by atoms with van der Waals surface area (Å²) in [5.74, 6) is -0.556. The lowest BCUT2D eigenvalue weighted by atomic mass is 10.1. The highest BCUT2D eigenvalue weighted by Crippen LogP contribution is 2.23. The van der Waals surface area contributed by atoms with Gasteiger partial charge >= 0.3 is 0 Å². The third-order valence-electron chi connectivity index (χ3n) is 4.09. The molecule has 1 amide bonds. The van der Waals surface area contributed by atoms with Crippen molar-refractivity contribution >= 4 is 17.6 Å². The highest BCUT2D eigenvalue weighted by atomic mass is 19.1. The first-order valence-electron chi connectivity index (χ1n) is 9.84. The van der Waals surface area contributed by atoms with E-state index < -0.39 is 0 Å². The molecule has 0 fully saturated rings. The van der Waals surface area contributed by atoms with Crippen molar-refractivity contribution < 1.29 is 9.18 Å². The van der Waals surface area contributed by atoms with Crippen molar-refractivity contribution in [3.8, 4) is 5.69 Å². The molecule has 0 saturated heterocycles. The summed E-state index contributed by atoms with van der Waals surface area (Å²) in [7, 11) is 1.82. The number of allylic oxidation sites excluding steroid dienone is 1. The zero-order valence-electron chi connectivity index (χ0n) is 17.9. The van der Waals surface area contributed by atoms with Crippen molar-refractivity contribution in [2.75, 3.05) is 0 Å². The molecule has 0 bridgehead atoms. The summed E-state index contributed by atoms with van der Waals surface area (Å²) in [5.41, 5.74) is 3.24.